The Hall–Kier alpha value is -1.39. The third kappa shape index (κ3) is 1.94. The van der Waals surface area contributed by atoms with Gasteiger partial charge in [-0.15, -0.1) is 11.3 Å². The van der Waals surface area contributed by atoms with Gasteiger partial charge in [-0.2, -0.15) is 0 Å². The molecule has 0 aliphatic carbocycles. The van der Waals surface area contributed by atoms with Gasteiger partial charge in [-0.3, -0.25) is 4.79 Å². The summed E-state index contributed by atoms with van der Waals surface area (Å²) in [6.45, 7) is 1.81. The summed E-state index contributed by atoms with van der Waals surface area (Å²) in [5.74, 6) is -0.931. The first-order valence-electron chi connectivity index (χ1n) is 5.05. The second-order valence-electron chi connectivity index (χ2n) is 3.82. The van der Waals surface area contributed by atoms with Gasteiger partial charge in [0, 0.05) is 15.5 Å². The molecule has 2 rings (SSSR count). The van der Waals surface area contributed by atoms with Gasteiger partial charge in [0.05, 0.1) is 0 Å². The van der Waals surface area contributed by atoms with E-state index in [1.165, 1.54) is 0 Å². The predicted molar refractivity (Wildman–Crippen MR) is 65.4 cm³/mol. The van der Waals surface area contributed by atoms with Crippen LogP contribution in [0.4, 0.5) is 0 Å². The minimum absolute atomic E-state index is 0.255. The van der Waals surface area contributed by atoms with Crippen LogP contribution in [0.3, 0.4) is 0 Å². The highest BCUT2D eigenvalue weighted by Crippen LogP contribution is 2.32. The summed E-state index contributed by atoms with van der Waals surface area (Å²) in [5.41, 5.74) is 5.08. The number of aliphatic hydroxyl groups is 1. The fraction of sp³-hybridized carbons (Fsp3) is 0.250. The van der Waals surface area contributed by atoms with Crippen molar-refractivity contribution in [2.45, 2.75) is 18.9 Å². The molecule has 3 nitrogen and oxygen atoms in total. The fourth-order valence-electron chi connectivity index (χ4n) is 1.63. The summed E-state index contributed by atoms with van der Waals surface area (Å²) in [5, 5.41) is 10.7. The molecular formula is C12H13NO2S. The van der Waals surface area contributed by atoms with Gasteiger partial charge in [-0.25, -0.2) is 0 Å². The van der Waals surface area contributed by atoms with Gasteiger partial charge in [0.25, 0.3) is 0 Å². The number of rotatable bonds is 3. The van der Waals surface area contributed by atoms with Crippen molar-refractivity contribution < 1.29 is 9.90 Å². The van der Waals surface area contributed by atoms with Crippen molar-refractivity contribution >= 4 is 27.3 Å². The van der Waals surface area contributed by atoms with E-state index >= 15 is 0 Å². The van der Waals surface area contributed by atoms with E-state index in [1.807, 2.05) is 30.3 Å². The molecule has 0 saturated carbocycles. The van der Waals surface area contributed by atoms with E-state index in [-0.39, 0.29) is 5.92 Å². The van der Waals surface area contributed by atoms with Gasteiger partial charge >= 0.3 is 0 Å². The van der Waals surface area contributed by atoms with Crippen LogP contribution in [0.15, 0.2) is 30.3 Å². The summed E-state index contributed by atoms with van der Waals surface area (Å²) < 4.78 is 1.15. The Morgan fingerprint density at radius 1 is 1.44 bits per heavy atom. The summed E-state index contributed by atoms with van der Waals surface area (Å²) in [7, 11) is 0. The molecule has 0 radical (unpaired) electrons. The summed E-state index contributed by atoms with van der Waals surface area (Å²) in [4.78, 5) is 11.9. The monoisotopic (exact) mass is 235 g/mol. The smallest absolute Gasteiger partial charge is 0.246 e. The maximum atomic E-state index is 10.9. The van der Waals surface area contributed by atoms with E-state index in [0.29, 0.717) is 0 Å². The van der Waals surface area contributed by atoms with Gasteiger partial charge in [0.2, 0.25) is 5.91 Å². The molecule has 0 bridgehead atoms. The largest absolute Gasteiger partial charge is 0.383 e. The van der Waals surface area contributed by atoms with Crippen LogP contribution in [0, 0.1) is 0 Å². The molecule has 0 aliphatic heterocycles. The van der Waals surface area contributed by atoms with E-state index in [9.17, 15) is 9.90 Å². The number of hydrogen-bond acceptors (Lipinski definition) is 3. The molecule has 1 unspecified atom stereocenters. The number of nitrogens with two attached hydrogens (primary N) is 1. The van der Waals surface area contributed by atoms with Crippen LogP contribution in [0.5, 0.6) is 0 Å². The molecule has 0 saturated heterocycles. The molecule has 1 heterocycles. The number of hydrogen-bond donors (Lipinski definition) is 2. The van der Waals surface area contributed by atoms with Gasteiger partial charge in [-0.1, -0.05) is 25.1 Å². The van der Waals surface area contributed by atoms with Crippen LogP contribution in [-0.2, 0) is 4.79 Å². The summed E-state index contributed by atoms with van der Waals surface area (Å²) in [6.07, 6.45) is -1.12. The first kappa shape index (κ1) is 11.1. The normalized spacial score (nSPS) is 14.9. The zero-order valence-electron chi connectivity index (χ0n) is 8.88. The highest BCUT2D eigenvalue weighted by atomic mass is 32.1. The van der Waals surface area contributed by atoms with Gasteiger partial charge in [-0.05, 0) is 17.5 Å². The number of fused-ring (bicyclic) bond motifs is 1. The number of carbonyl (C=O) groups excluding carboxylic acids is 1. The minimum atomic E-state index is -1.12. The molecule has 0 fully saturated rings. The van der Waals surface area contributed by atoms with Crippen LogP contribution in [-0.4, -0.2) is 17.1 Å². The van der Waals surface area contributed by atoms with Crippen molar-refractivity contribution in [2.24, 2.45) is 5.73 Å². The van der Waals surface area contributed by atoms with E-state index in [1.54, 1.807) is 18.3 Å². The van der Waals surface area contributed by atoms with Crippen LogP contribution in [0.2, 0.25) is 0 Å². The Kier molecular flexibility index (Phi) is 2.94. The highest BCUT2D eigenvalue weighted by Gasteiger charge is 2.22. The summed E-state index contributed by atoms with van der Waals surface area (Å²) >= 11 is 1.58. The van der Waals surface area contributed by atoms with Crippen molar-refractivity contribution in [3.63, 3.8) is 0 Å². The SMILES string of the molecule is C[C@H](c1cc2ccccc2s1)C(O)C(N)=O. The zero-order chi connectivity index (χ0) is 11.7. The molecule has 1 aromatic carbocycles. The van der Waals surface area contributed by atoms with E-state index in [4.69, 9.17) is 5.73 Å². The Morgan fingerprint density at radius 3 is 2.75 bits per heavy atom. The molecule has 4 heteroatoms. The van der Waals surface area contributed by atoms with E-state index < -0.39 is 12.0 Å². The lowest BCUT2D eigenvalue weighted by atomic mass is 10.0. The lowest BCUT2D eigenvalue weighted by molar-refractivity contribution is -0.126. The van der Waals surface area contributed by atoms with Crippen molar-refractivity contribution in [3.05, 3.63) is 35.2 Å². The third-order valence-corrected chi connectivity index (χ3v) is 3.98. The Morgan fingerprint density at radius 2 is 2.12 bits per heavy atom. The maximum absolute atomic E-state index is 10.9. The molecule has 3 N–H and O–H groups in total. The molecular weight excluding hydrogens is 222 g/mol. The van der Waals surface area contributed by atoms with Crippen molar-refractivity contribution in [1.82, 2.24) is 0 Å². The number of thiophene rings is 1. The van der Waals surface area contributed by atoms with Gasteiger partial charge in [0.15, 0.2) is 0 Å². The number of benzene rings is 1. The first-order chi connectivity index (χ1) is 7.59. The van der Waals surface area contributed by atoms with E-state index in [0.717, 1.165) is 15.0 Å². The Bertz CT molecular complexity index is 487. The molecule has 0 aliphatic rings. The quantitative estimate of drug-likeness (QED) is 0.852. The average Bonchev–Trinajstić information content (AvgIpc) is 2.70. The molecule has 2 aromatic rings. The molecule has 1 aromatic heterocycles. The molecule has 2 atom stereocenters. The van der Waals surface area contributed by atoms with E-state index in [2.05, 4.69) is 0 Å². The topological polar surface area (TPSA) is 63.3 Å². The lowest BCUT2D eigenvalue weighted by Crippen LogP contribution is -2.32. The second-order valence-corrected chi connectivity index (χ2v) is 4.94. The number of carbonyl (C=O) groups is 1. The molecule has 1 amide bonds. The zero-order valence-corrected chi connectivity index (χ0v) is 9.70. The maximum Gasteiger partial charge on any atom is 0.246 e. The van der Waals surface area contributed by atoms with Crippen LogP contribution >= 0.6 is 11.3 Å². The second kappa shape index (κ2) is 4.23. The number of amides is 1. The first-order valence-corrected chi connectivity index (χ1v) is 5.87. The molecule has 16 heavy (non-hydrogen) atoms. The Labute approximate surface area is 97.5 Å². The van der Waals surface area contributed by atoms with Gasteiger partial charge < -0.3 is 10.8 Å². The van der Waals surface area contributed by atoms with Crippen LogP contribution < -0.4 is 5.73 Å². The van der Waals surface area contributed by atoms with Crippen molar-refractivity contribution in [1.29, 1.82) is 0 Å². The highest BCUT2D eigenvalue weighted by molar-refractivity contribution is 7.19. The predicted octanol–water partition coefficient (Wildman–Crippen LogP) is 1.85. The minimum Gasteiger partial charge on any atom is -0.383 e. The number of aliphatic hydroxyl groups excluding tert-OH is 1. The third-order valence-electron chi connectivity index (χ3n) is 2.66. The average molecular weight is 235 g/mol. The van der Waals surface area contributed by atoms with Crippen LogP contribution in [0.1, 0.15) is 17.7 Å². The molecule has 0 spiro atoms. The van der Waals surface area contributed by atoms with Gasteiger partial charge in [0.1, 0.15) is 6.10 Å². The Balaban J connectivity index is 2.36. The van der Waals surface area contributed by atoms with Crippen molar-refractivity contribution in [2.75, 3.05) is 0 Å². The lowest BCUT2D eigenvalue weighted by Gasteiger charge is -2.13. The number of primary amides is 1. The summed E-state index contributed by atoms with van der Waals surface area (Å²) in [6, 6.07) is 9.97. The fourth-order valence-corrected chi connectivity index (χ4v) is 2.77. The molecule has 84 valence electrons. The van der Waals surface area contributed by atoms with Crippen molar-refractivity contribution in [3.8, 4) is 0 Å². The standard InChI is InChI=1S/C12H13NO2S/c1-7(11(14)12(13)15)10-6-8-4-2-3-5-9(8)16-10/h2-7,11,14H,1H3,(H2,13,15)/t7-,11?/m1/s1. The van der Waals surface area contributed by atoms with Crippen LogP contribution in [0.25, 0.3) is 10.1 Å².